The summed E-state index contributed by atoms with van der Waals surface area (Å²) in [5.41, 5.74) is 1.74. The van der Waals surface area contributed by atoms with Gasteiger partial charge in [0.15, 0.2) is 17.0 Å². The lowest BCUT2D eigenvalue weighted by Crippen LogP contribution is -2.32. The molecule has 0 saturated carbocycles. The number of nitrogens with one attached hydrogen (secondary N) is 1. The monoisotopic (exact) mass is 370 g/mol. The highest BCUT2D eigenvalue weighted by Crippen LogP contribution is 2.25. The Morgan fingerprint density at radius 3 is 2.70 bits per heavy atom. The zero-order valence-electron chi connectivity index (χ0n) is 17.2. The zero-order chi connectivity index (χ0) is 19.6. The van der Waals surface area contributed by atoms with Crippen LogP contribution in [0.1, 0.15) is 64.4 Å². The van der Waals surface area contributed by atoms with E-state index in [4.69, 9.17) is 0 Å². The Labute approximate surface area is 160 Å². The molecule has 0 spiro atoms. The van der Waals surface area contributed by atoms with Gasteiger partial charge in [-0.1, -0.05) is 27.7 Å². The molecule has 0 aromatic carbocycles. The molecule has 27 heavy (non-hydrogen) atoms. The summed E-state index contributed by atoms with van der Waals surface area (Å²) in [5, 5.41) is 12.3. The Morgan fingerprint density at radius 1 is 1.22 bits per heavy atom. The maximum absolute atomic E-state index is 4.67. The molecular weight excluding hydrogens is 340 g/mol. The normalized spacial score (nSPS) is 16.2. The summed E-state index contributed by atoms with van der Waals surface area (Å²) >= 11 is 0. The first kappa shape index (κ1) is 19.3. The molecule has 1 atom stereocenters. The van der Waals surface area contributed by atoms with E-state index in [2.05, 4.69) is 60.4 Å². The van der Waals surface area contributed by atoms with Crippen LogP contribution in [0.4, 0.5) is 5.82 Å². The SMILES string of the molecule is CC.CCn1c(C)nc2c(NC3CCc4nnc(C(C)C)n4C3)ncnc21. The van der Waals surface area contributed by atoms with Crippen LogP contribution in [0.25, 0.3) is 11.2 Å². The van der Waals surface area contributed by atoms with Crippen molar-refractivity contribution in [3.05, 3.63) is 23.8 Å². The minimum Gasteiger partial charge on any atom is -0.364 e. The van der Waals surface area contributed by atoms with Gasteiger partial charge in [-0.3, -0.25) is 0 Å². The first-order valence-electron chi connectivity index (χ1n) is 9.94. The van der Waals surface area contributed by atoms with Crippen molar-refractivity contribution < 1.29 is 0 Å². The van der Waals surface area contributed by atoms with Crippen molar-refractivity contribution in [2.75, 3.05) is 5.32 Å². The molecule has 0 aliphatic carbocycles. The number of aromatic nitrogens is 7. The molecule has 4 rings (SSSR count). The molecule has 0 radical (unpaired) electrons. The second-order valence-electron chi connectivity index (χ2n) is 6.92. The van der Waals surface area contributed by atoms with Gasteiger partial charge < -0.3 is 14.5 Å². The maximum atomic E-state index is 4.67. The predicted octanol–water partition coefficient (Wildman–Crippen LogP) is 3.32. The van der Waals surface area contributed by atoms with E-state index >= 15 is 0 Å². The molecule has 0 bridgehead atoms. The quantitative estimate of drug-likeness (QED) is 0.758. The molecule has 8 heteroatoms. The number of anilines is 1. The van der Waals surface area contributed by atoms with E-state index in [1.54, 1.807) is 6.33 Å². The molecule has 4 heterocycles. The van der Waals surface area contributed by atoms with Crippen LogP contribution in [-0.2, 0) is 19.5 Å². The second kappa shape index (κ2) is 8.02. The number of aryl methyl sites for hydroxylation is 3. The van der Waals surface area contributed by atoms with Crippen molar-refractivity contribution in [3.8, 4) is 0 Å². The Kier molecular flexibility index (Phi) is 5.72. The number of imidazole rings is 1. The third kappa shape index (κ3) is 3.52. The molecule has 1 aliphatic rings. The summed E-state index contributed by atoms with van der Waals surface area (Å²) in [6, 6.07) is 0.284. The largest absolute Gasteiger partial charge is 0.364 e. The molecule has 0 fully saturated rings. The van der Waals surface area contributed by atoms with Gasteiger partial charge in [0.05, 0.1) is 0 Å². The lowest BCUT2D eigenvalue weighted by atomic mass is 10.1. The van der Waals surface area contributed by atoms with E-state index in [0.717, 1.165) is 60.4 Å². The van der Waals surface area contributed by atoms with E-state index in [-0.39, 0.29) is 6.04 Å². The van der Waals surface area contributed by atoms with Gasteiger partial charge in [0.25, 0.3) is 0 Å². The van der Waals surface area contributed by atoms with Crippen LogP contribution >= 0.6 is 0 Å². The van der Waals surface area contributed by atoms with Crippen molar-refractivity contribution in [1.82, 2.24) is 34.3 Å². The molecule has 0 amide bonds. The smallest absolute Gasteiger partial charge is 0.165 e. The summed E-state index contributed by atoms with van der Waals surface area (Å²) in [6.45, 7) is 14.1. The molecule has 1 aliphatic heterocycles. The summed E-state index contributed by atoms with van der Waals surface area (Å²) < 4.78 is 4.36. The van der Waals surface area contributed by atoms with Gasteiger partial charge in [0.2, 0.25) is 0 Å². The van der Waals surface area contributed by atoms with Crippen LogP contribution in [0.3, 0.4) is 0 Å². The minimum atomic E-state index is 0.284. The maximum Gasteiger partial charge on any atom is 0.165 e. The summed E-state index contributed by atoms with van der Waals surface area (Å²) in [4.78, 5) is 13.5. The fourth-order valence-electron chi connectivity index (χ4n) is 3.62. The van der Waals surface area contributed by atoms with Crippen molar-refractivity contribution in [2.45, 2.75) is 79.4 Å². The summed E-state index contributed by atoms with van der Waals surface area (Å²) in [5.74, 6) is 4.29. The molecule has 146 valence electrons. The van der Waals surface area contributed by atoms with Gasteiger partial charge in [0.1, 0.15) is 23.8 Å². The van der Waals surface area contributed by atoms with Gasteiger partial charge in [-0.25, -0.2) is 15.0 Å². The van der Waals surface area contributed by atoms with Gasteiger partial charge in [0, 0.05) is 31.5 Å². The van der Waals surface area contributed by atoms with Crippen molar-refractivity contribution in [2.24, 2.45) is 0 Å². The Balaban J connectivity index is 0.00000102. The van der Waals surface area contributed by atoms with Gasteiger partial charge in [-0.15, -0.1) is 10.2 Å². The third-order valence-electron chi connectivity index (χ3n) is 4.87. The second-order valence-corrected chi connectivity index (χ2v) is 6.92. The molecule has 3 aromatic heterocycles. The average Bonchev–Trinajstić information content (AvgIpc) is 3.24. The van der Waals surface area contributed by atoms with Crippen LogP contribution in [0, 0.1) is 6.92 Å². The van der Waals surface area contributed by atoms with Crippen LogP contribution < -0.4 is 5.32 Å². The molecule has 1 unspecified atom stereocenters. The Bertz CT molecular complexity index is 908. The first-order valence-corrected chi connectivity index (χ1v) is 9.94. The van der Waals surface area contributed by atoms with E-state index in [0.29, 0.717) is 5.92 Å². The van der Waals surface area contributed by atoms with Crippen molar-refractivity contribution in [3.63, 3.8) is 0 Å². The molecule has 8 nitrogen and oxygen atoms in total. The van der Waals surface area contributed by atoms with Crippen LogP contribution in [0.2, 0.25) is 0 Å². The van der Waals surface area contributed by atoms with E-state index in [9.17, 15) is 0 Å². The highest BCUT2D eigenvalue weighted by atomic mass is 15.3. The molecular formula is C19H30N8. The van der Waals surface area contributed by atoms with Crippen LogP contribution in [-0.4, -0.2) is 40.3 Å². The number of fused-ring (bicyclic) bond motifs is 2. The minimum absolute atomic E-state index is 0.284. The molecule has 0 saturated heterocycles. The standard InChI is InChI=1S/C17H24N8.C2H6/c1-5-24-11(4)20-14-15(18-9-19-17(14)24)21-12-6-7-13-22-23-16(10(2)3)25(13)8-12;1-2/h9-10,12H,5-8H2,1-4H3,(H,18,19,21);1-2H3. The highest BCUT2D eigenvalue weighted by Gasteiger charge is 2.25. The van der Waals surface area contributed by atoms with E-state index in [1.807, 2.05) is 20.8 Å². The molecule has 3 aromatic rings. The Hall–Kier alpha value is -2.51. The van der Waals surface area contributed by atoms with Gasteiger partial charge in [-0.2, -0.15) is 0 Å². The van der Waals surface area contributed by atoms with Crippen LogP contribution in [0.5, 0.6) is 0 Å². The predicted molar refractivity (Wildman–Crippen MR) is 107 cm³/mol. The zero-order valence-corrected chi connectivity index (χ0v) is 17.2. The number of hydrogen-bond donors (Lipinski definition) is 1. The average molecular weight is 371 g/mol. The highest BCUT2D eigenvalue weighted by molar-refractivity contribution is 5.83. The number of rotatable bonds is 4. The number of hydrogen-bond acceptors (Lipinski definition) is 6. The van der Waals surface area contributed by atoms with Gasteiger partial charge >= 0.3 is 0 Å². The first-order chi connectivity index (χ1) is 13.1. The summed E-state index contributed by atoms with van der Waals surface area (Å²) in [7, 11) is 0. The fourth-order valence-corrected chi connectivity index (χ4v) is 3.62. The lowest BCUT2D eigenvalue weighted by molar-refractivity contribution is 0.459. The van der Waals surface area contributed by atoms with Crippen molar-refractivity contribution in [1.29, 1.82) is 0 Å². The van der Waals surface area contributed by atoms with E-state index < -0.39 is 0 Å². The van der Waals surface area contributed by atoms with Gasteiger partial charge in [-0.05, 0) is 20.3 Å². The lowest BCUT2D eigenvalue weighted by Gasteiger charge is -2.26. The fraction of sp³-hybridized carbons (Fsp3) is 0.632. The Morgan fingerprint density at radius 2 is 2.00 bits per heavy atom. The van der Waals surface area contributed by atoms with Crippen LogP contribution in [0.15, 0.2) is 6.33 Å². The van der Waals surface area contributed by atoms with Crippen molar-refractivity contribution >= 4 is 17.0 Å². The van der Waals surface area contributed by atoms with E-state index in [1.165, 1.54) is 0 Å². The third-order valence-corrected chi connectivity index (χ3v) is 4.87. The summed E-state index contributed by atoms with van der Waals surface area (Å²) in [6.07, 6.45) is 3.55. The number of nitrogens with zero attached hydrogens (tertiary/aromatic N) is 7. The topological polar surface area (TPSA) is 86.3 Å². The molecule has 1 N–H and O–H groups in total.